The van der Waals surface area contributed by atoms with E-state index in [-0.39, 0.29) is 22.9 Å². The predicted octanol–water partition coefficient (Wildman–Crippen LogP) is 1.75. The molecule has 1 amide bonds. The summed E-state index contributed by atoms with van der Waals surface area (Å²) in [6.07, 6.45) is -0.169. The van der Waals surface area contributed by atoms with Gasteiger partial charge in [-0.25, -0.2) is 12.8 Å². The summed E-state index contributed by atoms with van der Waals surface area (Å²) in [6, 6.07) is 5.19. The minimum atomic E-state index is -3.62. The summed E-state index contributed by atoms with van der Waals surface area (Å²) >= 11 is 5.52. The largest absolute Gasteiger partial charge is 0.325 e. The molecule has 0 aliphatic heterocycles. The number of hydrogen-bond acceptors (Lipinski definition) is 4. The van der Waals surface area contributed by atoms with E-state index >= 15 is 0 Å². The SMILES string of the molecule is N#CCCS(=O)(=O)CC(=O)Nc1ccc(F)c(Cl)c1. The number of halogens is 2. The second-order valence-corrected chi connectivity index (χ2v) is 6.27. The van der Waals surface area contributed by atoms with Crippen LogP contribution in [-0.2, 0) is 14.6 Å². The molecular formula is C11H10ClFN2O3S. The van der Waals surface area contributed by atoms with Crippen LogP contribution in [0.5, 0.6) is 0 Å². The van der Waals surface area contributed by atoms with Crippen LogP contribution in [0.25, 0.3) is 0 Å². The molecule has 0 saturated heterocycles. The highest BCUT2D eigenvalue weighted by Gasteiger charge is 2.16. The molecule has 1 rings (SSSR count). The molecule has 1 aromatic carbocycles. The molecule has 0 radical (unpaired) electrons. The van der Waals surface area contributed by atoms with Crippen molar-refractivity contribution in [1.29, 1.82) is 5.26 Å². The fourth-order valence-electron chi connectivity index (χ4n) is 1.24. The van der Waals surface area contributed by atoms with Gasteiger partial charge in [-0.15, -0.1) is 0 Å². The summed E-state index contributed by atoms with van der Waals surface area (Å²) in [5, 5.41) is 10.4. The number of nitriles is 1. The van der Waals surface area contributed by atoms with E-state index < -0.39 is 27.3 Å². The first kappa shape index (κ1) is 15.4. The fourth-order valence-corrected chi connectivity index (χ4v) is 2.44. The van der Waals surface area contributed by atoms with Crippen molar-refractivity contribution in [3.05, 3.63) is 29.0 Å². The van der Waals surface area contributed by atoms with Crippen molar-refractivity contribution in [2.75, 3.05) is 16.8 Å². The lowest BCUT2D eigenvalue weighted by molar-refractivity contribution is -0.113. The van der Waals surface area contributed by atoms with E-state index in [0.717, 1.165) is 6.07 Å². The Kier molecular flexibility index (Phi) is 5.27. The van der Waals surface area contributed by atoms with Crippen LogP contribution in [0.4, 0.5) is 10.1 Å². The zero-order valence-corrected chi connectivity index (χ0v) is 11.3. The van der Waals surface area contributed by atoms with E-state index in [1.165, 1.54) is 12.1 Å². The number of nitrogens with zero attached hydrogens (tertiary/aromatic N) is 1. The summed E-state index contributed by atoms with van der Waals surface area (Å²) < 4.78 is 35.7. The van der Waals surface area contributed by atoms with Crippen LogP contribution in [-0.4, -0.2) is 25.8 Å². The van der Waals surface area contributed by atoms with Crippen molar-refractivity contribution in [2.45, 2.75) is 6.42 Å². The van der Waals surface area contributed by atoms with Gasteiger partial charge in [0.1, 0.15) is 11.6 Å². The number of benzene rings is 1. The Bertz CT molecular complexity index is 625. The van der Waals surface area contributed by atoms with E-state index in [2.05, 4.69) is 5.32 Å². The van der Waals surface area contributed by atoms with E-state index in [1.807, 2.05) is 0 Å². The topological polar surface area (TPSA) is 87.0 Å². The van der Waals surface area contributed by atoms with E-state index in [9.17, 15) is 17.6 Å². The maximum atomic E-state index is 12.9. The molecule has 0 aromatic heterocycles. The average Bonchev–Trinajstić information content (AvgIpc) is 2.30. The lowest BCUT2D eigenvalue weighted by Gasteiger charge is -2.06. The van der Waals surface area contributed by atoms with Gasteiger partial charge in [-0.3, -0.25) is 4.79 Å². The van der Waals surface area contributed by atoms with Crippen molar-refractivity contribution in [2.24, 2.45) is 0 Å². The maximum Gasteiger partial charge on any atom is 0.239 e. The molecule has 0 unspecified atom stereocenters. The van der Waals surface area contributed by atoms with E-state index in [0.29, 0.717) is 0 Å². The Morgan fingerprint density at radius 1 is 1.47 bits per heavy atom. The molecule has 0 heterocycles. The molecule has 0 aliphatic rings. The third-order valence-electron chi connectivity index (χ3n) is 2.08. The summed E-state index contributed by atoms with van der Waals surface area (Å²) in [5.41, 5.74) is 0.201. The van der Waals surface area contributed by atoms with Gasteiger partial charge in [0.2, 0.25) is 5.91 Å². The van der Waals surface area contributed by atoms with Crippen LogP contribution >= 0.6 is 11.6 Å². The molecule has 0 fully saturated rings. The van der Waals surface area contributed by atoms with Crippen LogP contribution < -0.4 is 5.32 Å². The standard InChI is InChI=1S/C11H10ClFN2O3S/c12-9-6-8(2-3-10(9)13)15-11(16)7-19(17,18)5-1-4-14/h2-3,6H,1,5,7H2,(H,15,16). The van der Waals surface area contributed by atoms with E-state index in [1.54, 1.807) is 6.07 Å². The smallest absolute Gasteiger partial charge is 0.239 e. The zero-order chi connectivity index (χ0) is 14.5. The van der Waals surface area contributed by atoms with Gasteiger partial charge in [-0.1, -0.05) is 11.6 Å². The summed E-state index contributed by atoms with van der Waals surface area (Å²) in [7, 11) is -3.62. The zero-order valence-electron chi connectivity index (χ0n) is 9.69. The first-order valence-corrected chi connectivity index (χ1v) is 7.36. The Balaban J connectivity index is 2.65. The highest BCUT2D eigenvalue weighted by Crippen LogP contribution is 2.19. The maximum absolute atomic E-state index is 12.9. The highest BCUT2D eigenvalue weighted by atomic mass is 35.5. The molecule has 102 valence electrons. The van der Waals surface area contributed by atoms with Gasteiger partial charge >= 0.3 is 0 Å². The Hall–Kier alpha value is -1.65. The Labute approximate surface area is 114 Å². The van der Waals surface area contributed by atoms with Crippen LogP contribution in [0, 0.1) is 17.1 Å². The van der Waals surface area contributed by atoms with Gasteiger partial charge in [0.15, 0.2) is 9.84 Å². The fraction of sp³-hybridized carbons (Fsp3) is 0.273. The molecule has 5 nitrogen and oxygen atoms in total. The number of amides is 1. The molecule has 0 bridgehead atoms. The average molecular weight is 305 g/mol. The van der Waals surface area contributed by atoms with Crippen LogP contribution in [0.3, 0.4) is 0 Å². The molecule has 1 N–H and O–H groups in total. The normalized spacial score (nSPS) is 10.8. The summed E-state index contributed by atoms with van der Waals surface area (Å²) in [6.45, 7) is 0. The van der Waals surface area contributed by atoms with Crippen molar-refractivity contribution >= 4 is 33.0 Å². The molecule has 0 saturated carbocycles. The third kappa shape index (κ3) is 5.24. The first-order valence-electron chi connectivity index (χ1n) is 5.16. The first-order chi connectivity index (χ1) is 8.84. The van der Waals surface area contributed by atoms with Crippen LogP contribution in [0.2, 0.25) is 5.02 Å². The van der Waals surface area contributed by atoms with Gasteiger partial charge in [-0.2, -0.15) is 5.26 Å². The van der Waals surface area contributed by atoms with Gasteiger partial charge in [0.25, 0.3) is 0 Å². The minimum absolute atomic E-state index is 0.169. The second kappa shape index (κ2) is 6.50. The lowest BCUT2D eigenvalue weighted by Crippen LogP contribution is -2.24. The summed E-state index contributed by atoms with van der Waals surface area (Å²) in [5.74, 6) is -2.51. The molecule has 19 heavy (non-hydrogen) atoms. The number of carbonyl (C=O) groups is 1. The Morgan fingerprint density at radius 3 is 2.74 bits per heavy atom. The molecule has 0 spiro atoms. The van der Waals surface area contributed by atoms with Gasteiger partial charge in [-0.05, 0) is 18.2 Å². The summed E-state index contributed by atoms with van der Waals surface area (Å²) in [4.78, 5) is 11.5. The van der Waals surface area contributed by atoms with Crippen molar-refractivity contribution in [3.8, 4) is 6.07 Å². The number of rotatable bonds is 5. The number of carbonyl (C=O) groups excluding carboxylic acids is 1. The minimum Gasteiger partial charge on any atom is -0.325 e. The highest BCUT2D eigenvalue weighted by molar-refractivity contribution is 7.92. The van der Waals surface area contributed by atoms with Gasteiger partial charge < -0.3 is 5.32 Å². The lowest BCUT2D eigenvalue weighted by atomic mass is 10.3. The molecule has 0 aliphatic carbocycles. The van der Waals surface area contributed by atoms with E-state index in [4.69, 9.17) is 16.9 Å². The van der Waals surface area contributed by atoms with Gasteiger partial charge in [0.05, 0.1) is 16.8 Å². The molecular weight excluding hydrogens is 295 g/mol. The van der Waals surface area contributed by atoms with Crippen LogP contribution in [0.15, 0.2) is 18.2 Å². The second-order valence-electron chi connectivity index (χ2n) is 3.68. The number of anilines is 1. The predicted molar refractivity (Wildman–Crippen MR) is 68.9 cm³/mol. The van der Waals surface area contributed by atoms with Crippen molar-refractivity contribution < 1.29 is 17.6 Å². The molecule has 8 heteroatoms. The molecule has 0 atom stereocenters. The number of nitrogens with one attached hydrogen (secondary N) is 1. The Morgan fingerprint density at radius 2 is 2.16 bits per heavy atom. The molecule has 1 aromatic rings. The third-order valence-corrected chi connectivity index (χ3v) is 3.90. The quantitative estimate of drug-likeness (QED) is 0.897. The number of hydrogen-bond donors (Lipinski definition) is 1. The van der Waals surface area contributed by atoms with Crippen molar-refractivity contribution in [3.63, 3.8) is 0 Å². The van der Waals surface area contributed by atoms with Gasteiger partial charge in [0, 0.05) is 12.1 Å². The van der Waals surface area contributed by atoms with Crippen molar-refractivity contribution in [1.82, 2.24) is 0 Å². The van der Waals surface area contributed by atoms with Crippen LogP contribution in [0.1, 0.15) is 6.42 Å². The monoisotopic (exact) mass is 304 g/mol. The number of sulfone groups is 1.